The van der Waals surface area contributed by atoms with Crippen LogP contribution in [-0.2, 0) is 4.79 Å². The Morgan fingerprint density at radius 3 is 2.19 bits per heavy atom. The molecule has 0 heterocycles. The third-order valence-electron chi connectivity index (χ3n) is 4.50. The van der Waals surface area contributed by atoms with Gasteiger partial charge in [-0.05, 0) is 49.6 Å². The summed E-state index contributed by atoms with van der Waals surface area (Å²) in [6.07, 6.45) is 0.798. The molecule has 2 aromatic carbocycles. The van der Waals surface area contributed by atoms with Crippen molar-refractivity contribution in [3.05, 3.63) is 53.6 Å². The van der Waals surface area contributed by atoms with Gasteiger partial charge in [-0.1, -0.05) is 37.6 Å². The summed E-state index contributed by atoms with van der Waals surface area (Å²) in [7, 11) is 3.20. The Morgan fingerprint density at radius 1 is 0.963 bits per heavy atom. The average molecular weight is 371 g/mol. The summed E-state index contributed by atoms with van der Waals surface area (Å²) < 4.78 is 16.5. The van der Waals surface area contributed by atoms with Crippen molar-refractivity contribution in [2.75, 3.05) is 14.2 Å². The van der Waals surface area contributed by atoms with Gasteiger partial charge < -0.3 is 19.5 Å². The first kappa shape index (κ1) is 20.6. The Morgan fingerprint density at radius 2 is 1.63 bits per heavy atom. The number of rotatable bonds is 9. The van der Waals surface area contributed by atoms with Crippen LogP contribution >= 0.6 is 0 Å². The van der Waals surface area contributed by atoms with Crippen LogP contribution in [0.25, 0.3) is 0 Å². The molecule has 5 heteroatoms. The zero-order valence-electron chi connectivity index (χ0n) is 16.7. The Labute approximate surface area is 161 Å². The highest BCUT2D eigenvalue weighted by atomic mass is 16.5. The molecule has 5 nitrogen and oxygen atoms in total. The molecule has 0 aromatic heterocycles. The second-order valence-corrected chi connectivity index (χ2v) is 6.41. The van der Waals surface area contributed by atoms with Gasteiger partial charge in [0.05, 0.1) is 20.3 Å². The number of hydrogen-bond donors (Lipinski definition) is 1. The van der Waals surface area contributed by atoms with Crippen LogP contribution in [0.15, 0.2) is 42.5 Å². The van der Waals surface area contributed by atoms with E-state index in [0.717, 1.165) is 17.5 Å². The van der Waals surface area contributed by atoms with Crippen molar-refractivity contribution in [2.24, 2.45) is 0 Å². The quantitative estimate of drug-likeness (QED) is 0.708. The molecule has 1 N–H and O–H groups in total. The number of ether oxygens (including phenoxy) is 3. The van der Waals surface area contributed by atoms with Gasteiger partial charge in [0, 0.05) is 0 Å². The number of nitrogens with one attached hydrogen (secondary N) is 1. The number of amides is 1. The maximum absolute atomic E-state index is 12.8. The Kier molecular flexibility index (Phi) is 7.53. The summed E-state index contributed by atoms with van der Waals surface area (Å²) in [5, 5.41) is 3.09. The molecule has 0 spiro atoms. The summed E-state index contributed by atoms with van der Waals surface area (Å²) in [6.45, 7) is 5.99. The van der Waals surface area contributed by atoms with Gasteiger partial charge in [0.25, 0.3) is 5.91 Å². The Balaban J connectivity index is 2.11. The number of methoxy groups -OCH3 is 2. The normalized spacial score (nSPS) is 12.8. The minimum Gasteiger partial charge on any atom is -0.493 e. The molecular weight excluding hydrogens is 342 g/mol. The number of carbonyl (C=O) groups excluding carboxylic acids is 1. The lowest BCUT2D eigenvalue weighted by molar-refractivity contribution is -0.128. The standard InChI is InChI=1S/C22H29NO4/c1-6-18(16-10-13-20(25-4)21(14-16)26-5)23-22(24)19(7-2)27-17-11-8-15(3)9-12-17/h8-14,18-19H,6-7H2,1-5H3,(H,23,24)/t18-,19-/m0/s1. The highest BCUT2D eigenvalue weighted by molar-refractivity contribution is 5.81. The van der Waals surface area contributed by atoms with Gasteiger partial charge in [0.15, 0.2) is 17.6 Å². The van der Waals surface area contributed by atoms with Crippen LogP contribution in [0, 0.1) is 6.92 Å². The molecule has 0 fully saturated rings. The molecule has 2 aromatic rings. The lowest BCUT2D eigenvalue weighted by Gasteiger charge is -2.23. The number of carbonyl (C=O) groups is 1. The van der Waals surface area contributed by atoms with Gasteiger partial charge in [-0.3, -0.25) is 4.79 Å². The smallest absolute Gasteiger partial charge is 0.261 e. The fourth-order valence-corrected chi connectivity index (χ4v) is 2.86. The van der Waals surface area contributed by atoms with E-state index >= 15 is 0 Å². The second-order valence-electron chi connectivity index (χ2n) is 6.41. The van der Waals surface area contributed by atoms with Crippen LogP contribution in [-0.4, -0.2) is 26.2 Å². The molecule has 2 rings (SSSR count). The summed E-state index contributed by atoms with van der Waals surface area (Å²) >= 11 is 0. The van der Waals surface area contributed by atoms with Crippen LogP contribution < -0.4 is 19.5 Å². The minimum absolute atomic E-state index is 0.125. The third kappa shape index (κ3) is 5.39. The second kappa shape index (κ2) is 9.86. The zero-order chi connectivity index (χ0) is 19.8. The van der Waals surface area contributed by atoms with Crippen molar-refractivity contribution >= 4 is 5.91 Å². The monoisotopic (exact) mass is 371 g/mol. The number of benzene rings is 2. The maximum Gasteiger partial charge on any atom is 0.261 e. The number of hydrogen-bond acceptors (Lipinski definition) is 4. The van der Waals surface area contributed by atoms with E-state index in [1.54, 1.807) is 14.2 Å². The van der Waals surface area contributed by atoms with Gasteiger partial charge in [0.1, 0.15) is 5.75 Å². The molecule has 0 saturated heterocycles. The van der Waals surface area contributed by atoms with Crippen LogP contribution in [0.3, 0.4) is 0 Å². The van der Waals surface area contributed by atoms with Gasteiger partial charge in [-0.15, -0.1) is 0 Å². The molecule has 1 amide bonds. The van der Waals surface area contributed by atoms with E-state index in [0.29, 0.717) is 23.7 Å². The molecule has 0 unspecified atom stereocenters. The highest BCUT2D eigenvalue weighted by Gasteiger charge is 2.22. The molecule has 0 bridgehead atoms. The lowest BCUT2D eigenvalue weighted by atomic mass is 10.0. The first-order valence-corrected chi connectivity index (χ1v) is 9.27. The zero-order valence-corrected chi connectivity index (χ0v) is 16.7. The van der Waals surface area contributed by atoms with Crippen LogP contribution in [0.1, 0.15) is 43.9 Å². The van der Waals surface area contributed by atoms with Crippen molar-refractivity contribution in [3.8, 4) is 17.2 Å². The molecule has 2 atom stereocenters. The molecule has 146 valence electrons. The van der Waals surface area contributed by atoms with E-state index in [-0.39, 0.29) is 11.9 Å². The molecule has 0 aliphatic rings. The lowest BCUT2D eigenvalue weighted by Crippen LogP contribution is -2.39. The van der Waals surface area contributed by atoms with Crippen molar-refractivity contribution < 1.29 is 19.0 Å². The van der Waals surface area contributed by atoms with Gasteiger partial charge in [-0.25, -0.2) is 0 Å². The van der Waals surface area contributed by atoms with Crippen LogP contribution in [0.2, 0.25) is 0 Å². The highest BCUT2D eigenvalue weighted by Crippen LogP contribution is 2.31. The van der Waals surface area contributed by atoms with Crippen molar-refractivity contribution in [1.82, 2.24) is 5.32 Å². The van der Waals surface area contributed by atoms with E-state index in [2.05, 4.69) is 5.32 Å². The van der Waals surface area contributed by atoms with Crippen LogP contribution in [0.4, 0.5) is 0 Å². The van der Waals surface area contributed by atoms with Crippen LogP contribution in [0.5, 0.6) is 17.2 Å². The Bertz CT molecular complexity index is 742. The largest absolute Gasteiger partial charge is 0.493 e. The van der Waals surface area contributed by atoms with Gasteiger partial charge in [-0.2, -0.15) is 0 Å². The first-order valence-electron chi connectivity index (χ1n) is 9.27. The summed E-state index contributed by atoms with van der Waals surface area (Å²) in [5.41, 5.74) is 2.12. The van der Waals surface area contributed by atoms with E-state index in [1.165, 1.54) is 0 Å². The van der Waals surface area contributed by atoms with E-state index < -0.39 is 6.10 Å². The molecule has 0 aliphatic carbocycles. The first-order chi connectivity index (χ1) is 13.0. The predicted octanol–water partition coefficient (Wildman–Crippen LogP) is 4.44. The van der Waals surface area contributed by atoms with E-state index in [9.17, 15) is 4.79 Å². The molecular formula is C22H29NO4. The fraction of sp³-hybridized carbons (Fsp3) is 0.409. The minimum atomic E-state index is -0.540. The SMILES string of the molecule is CC[C@H](Oc1ccc(C)cc1)C(=O)N[C@@H](CC)c1ccc(OC)c(OC)c1. The summed E-state index contributed by atoms with van der Waals surface area (Å²) in [6, 6.07) is 13.3. The fourth-order valence-electron chi connectivity index (χ4n) is 2.86. The van der Waals surface area contributed by atoms with Crippen molar-refractivity contribution in [3.63, 3.8) is 0 Å². The molecule has 0 aliphatic heterocycles. The van der Waals surface area contributed by atoms with E-state index in [1.807, 2.05) is 63.2 Å². The van der Waals surface area contributed by atoms with Crippen molar-refractivity contribution in [1.29, 1.82) is 0 Å². The van der Waals surface area contributed by atoms with E-state index in [4.69, 9.17) is 14.2 Å². The molecule has 0 radical (unpaired) electrons. The van der Waals surface area contributed by atoms with Gasteiger partial charge >= 0.3 is 0 Å². The molecule has 0 saturated carbocycles. The topological polar surface area (TPSA) is 56.8 Å². The Hall–Kier alpha value is -2.69. The maximum atomic E-state index is 12.8. The predicted molar refractivity (Wildman–Crippen MR) is 107 cm³/mol. The number of aryl methyl sites for hydroxylation is 1. The summed E-state index contributed by atoms with van der Waals surface area (Å²) in [5.74, 6) is 1.88. The summed E-state index contributed by atoms with van der Waals surface area (Å²) in [4.78, 5) is 12.8. The van der Waals surface area contributed by atoms with Crippen molar-refractivity contribution in [2.45, 2.75) is 45.8 Å². The average Bonchev–Trinajstić information content (AvgIpc) is 2.70. The molecule has 27 heavy (non-hydrogen) atoms. The van der Waals surface area contributed by atoms with Gasteiger partial charge in [0.2, 0.25) is 0 Å². The third-order valence-corrected chi connectivity index (χ3v) is 4.50.